The molecule has 88 valence electrons. The Bertz CT molecular complexity index is 320. The second-order valence-electron chi connectivity index (χ2n) is 3.94. The van der Waals surface area contributed by atoms with Gasteiger partial charge in [0.1, 0.15) is 12.7 Å². The standard InChI is InChI=1S/C10H16N4O2/c15-10(1-3-14-8-11-7-13-14)12-5-9-2-4-16-6-9/h7-9H,1-6H2,(H,12,15)/t9-/m1/s1. The number of rotatable bonds is 5. The van der Waals surface area contributed by atoms with E-state index in [0.717, 1.165) is 26.2 Å². The Labute approximate surface area is 94.0 Å². The highest BCUT2D eigenvalue weighted by molar-refractivity contribution is 5.75. The number of ether oxygens (including phenoxy) is 1. The lowest BCUT2D eigenvalue weighted by Crippen LogP contribution is -2.30. The van der Waals surface area contributed by atoms with Crippen LogP contribution in [0.3, 0.4) is 0 Å². The third-order valence-electron chi connectivity index (χ3n) is 2.65. The molecule has 0 radical (unpaired) electrons. The van der Waals surface area contributed by atoms with E-state index in [1.807, 2.05) is 0 Å². The average molecular weight is 224 g/mol. The topological polar surface area (TPSA) is 69.0 Å². The van der Waals surface area contributed by atoms with Gasteiger partial charge in [0.2, 0.25) is 5.91 Å². The Balaban J connectivity index is 1.60. The first-order valence-electron chi connectivity index (χ1n) is 5.51. The van der Waals surface area contributed by atoms with E-state index in [4.69, 9.17) is 4.74 Å². The van der Waals surface area contributed by atoms with Gasteiger partial charge in [0.05, 0.1) is 13.2 Å². The monoisotopic (exact) mass is 224 g/mol. The second kappa shape index (κ2) is 5.60. The number of aromatic nitrogens is 3. The van der Waals surface area contributed by atoms with Crippen LogP contribution in [-0.2, 0) is 16.1 Å². The summed E-state index contributed by atoms with van der Waals surface area (Å²) in [6.07, 6.45) is 4.56. The Morgan fingerprint density at radius 1 is 1.62 bits per heavy atom. The summed E-state index contributed by atoms with van der Waals surface area (Å²) in [5.41, 5.74) is 0. The predicted molar refractivity (Wildman–Crippen MR) is 56.6 cm³/mol. The van der Waals surface area contributed by atoms with Gasteiger partial charge in [0, 0.05) is 25.5 Å². The van der Waals surface area contributed by atoms with Gasteiger partial charge in [-0.25, -0.2) is 4.98 Å². The molecule has 16 heavy (non-hydrogen) atoms. The van der Waals surface area contributed by atoms with Crippen molar-refractivity contribution in [1.82, 2.24) is 20.1 Å². The minimum absolute atomic E-state index is 0.0578. The minimum atomic E-state index is 0.0578. The van der Waals surface area contributed by atoms with E-state index >= 15 is 0 Å². The number of carbonyl (C=O) groups excluding carboxylic acids is 1. The van der Waals surface area contributed by atoms with E-state index < -0.39 is 0 Å². The molecule has 0 aromatic carbocycles. The van der Waals surface area contributed by atoms with Crippen molar-refractivity contribution in [2.45, 2.75) is 19.4 Å². The summed E-state index contributed by atoms with van der Waals surface area (Å²) in [6.45, 7) is 2.88. The van der Waals surface area contributed by atoms with Crippen LogP contribution in [-0.4, -0.2) is 40.4 Å². The van der Waals surface area contributed by atoms with Crippen LogP contribution in [0.1, 0.15) is 12.8 Å². The molecule has 0 aliphatic carbocycles. The number of carbonyl (C=O) groups is 1. The molecule has 0 spiro atoms. The van der Waals surface area contributed by atoms with Crippen molar-refractivity contribution < 1.29 is 9.53 Å². The van der Waals surface area contributed by atoms with Crippen LogP contribution < -0.4 is 5.32 Å². The van der Waals surface area contributed by atoms with E-state index in [9.17, 15) is 4.79 Å². The highest BCUT2D eigenvalue weighted by atomic mass is 16.5. The van der Waals surface area contributed by atoms with E-state index in [2.05, 4.69) is 15.4 Å². The van der Waals surface area contributed by atoms with Gasteiger partial charge in [-0.15, -0.1) is 0 Å². The van der Waals surface area contributed by atoms with Crippen LogP contribution in [0.25, 0.3) is 0 Å². The molecular formula is C10H16N4O2. The van der Waals surface area contributed by atoms with E-state index in [1.165, 1.54) is 6.33 Å². The fraction of sp³-hybridized carbons (Fsp3) is 0.700. The molecule has 6 nitrogen and oxygen atoms in total. The van der Waals surface area contributed by atoms with Crippen molar-refractivity contribution in [3.8, 4) is 0 Å². The molecular weight excluding hydrogens is 208 g/mol. The molecule has 6 heteroatoms. The zero-order valence-corrected chi connectivity index (χ0v) is 9.13. The number of hydrogen-bond acceptors (Lipinski definition) is 4. The molecule has 1 N–H and O–H groups in total. The summed E-state index contributed by atoms with van der Waals surface area (Å²) in [4.78, 5) is 15.3. The van der Waals surface area contributed by atoms with Crippen molar-refractivity contribution in [2.75, 3.05) is 19.8 Å². The second-order valence-corrected chi connectivity index (χ2v) is 3.94. The molecule has 2 heterocycles. The molecule has 1 amide bonds. The van der Waals surface area contributed by atoms with Gasteiger partial charge in [-0.3, -0.25) is 9.48 Å². The largest absolute Gasteiger partial charge is 0.381 e. The first kappa shape index (κ1) is 11.1. The summed E-state index contributed by atoms with van der Waals surface area (Å²) in [6, 6.07) is 0. The highest BCUT2D eigenvalue weighted by Crippen LogP contribution is 2.10. The van der Waals surface area contributed by atoms with E-state index in [1.54, 1.807) is 11.0 Å². The quantitative estimate of drug-likeness (QED) is 0.753. The molecule has 1 atom stereocenters. The summed E-state index contributed by atoms with van der Waals surface area (Å²) in [7, 11) is 0. The predicted octanol–water partition coefficient (Wildman–Crippen LogP) is -0.179. The van der Waals surface area contributed by atoms with E-state index in [0.29, 0.717) is 18.9 Å². The molecule has 2 rings (SSSR count). The molecule has 0 unspecified atom stereocenters. The SMILES string of the molecule is O=C(CCn1cncn1)NC[C@H]1CCOC1. The summed E-state index contributed by atoms with van der Waals surface area (Å²) in [5.74, 6) is 0.540. The van der Waals surface area contributed by atoms with Crippen molar-refractivity contribution in [3.63, 3.8) is 0 Å². The summed E-state index contributed by atoms with van der Waals surface area (Å²) >= 11 is 0. The van der Waals surface area contributed by atoms with Crippen molar-refractivity contribution in [3.05, 3.63) is 12.7 Å². The lowest BCUT2D eigenvalue weighted by molar-refractivity contribution is -0.121. The van der Waals surface area contributed by atoms with Crippen LogP contribution in [0.2, 0.25) is 0 Å². The fourth-order valence-corrected chi connectivity index (χ4v) is 1.66. The lowest BCUT2D eigenvalue weighted by atomic mass is 10.1. The van der Waals surface area contributed by atoms with Gasteiger partial charge < -0.3 is 10.1 Å². The maximum atomic E-state index is 11.5. The third kappa shape index (κ3) is 3.30. The maximum absolute atomic E-state index is 11.5. The van der Waals surface area contributed by atoms with Gasteiger partial charge in [-0.05, 0) is 6.42 Å². The zero-order valence-electron chi connectivity index (χ0n) is 9.13. The van der Waals surface area contributed by atoms with Crippen LogP contribution in [0.15, 0.2) is 12.7 Å². The highest BCUT2D eigenvalue weighted by Gasteiger charge is 2.16. The van der Waals surface area contributed by atoms with Crippen molar-refractivity contribution in [1.29, 1.82) is 0 Å². The van der Waals surface area contributed by atoms with Crippen LogP contribution >= 0.6 is 0 Å². The number of amides is 1. The molecule has 1 aromatic rings. The Morgan fingerprint density at radius 3 is 3.25 bits per heavy atom. The molecule has 1 aromatic heterocycles. The van der Waals surface area contributed by atoms with Gasteiger partial charge in [0.15, 0.2) is 0 Å². The normalized spacial score (nSPS) is 19.9. The fourth-order valence-electron chi connectivity index (χ4n) is 1.66. The molecule has 0 bridgehead atoms. The third-order valence-corrected chi connectivity index (χ3v) is 2.65. The average Bonchev–Trinajstić information content (AvgIpc) is 2.96. The van der Waals surface area contributed by atoms with Crippen molar-refractivity contribution >= 4 is 5.91 Å². The zero-order chi connectivity index (χ0) is 11.2. The van der Waals surface area contributed by atoms with Crippen LogP contribution in [0.4, 0.5) is 0 Å². The molecule has 1 aliphatic heterocycles. The molecule has 1 aliphatic rings. The van der Waals surface area contributed by atoms with Gasteiger partial charge in [0.25, 0.3) is 0 Å². The molecule has 1 fully saturated rings. The summed E-state index contributed by atoms with van der Waals surface area (Å²) < 4.78 is 6.89. The molecule has 1 saturated heterocycles. The lowest BCUT2D eigenvalue weighted by Gasteiger charge is -2.09. The van der Waals surface area contributed by atoms with Crippen LogP contribution in [0.5, 0.6) is 0 Å². The smallest absolute Gasteiger partial charge is 0.221 e. The molecule has 0 saturated carbocycles. The minimum Gasteiger partial charge on any atom is -0.381 e. The van der Waals surface area contributed by atoms with Gasteiger partial charge in [-0.2, -0.15) is 5.10 Å². The Hall–Kier alpha value is -1.43. The first-order valence-corrected chi connectivity index (χ1v) is 5.51. The van der Waals surface area contributed by atoms with Crippen LogP contribution in [0, 0.1) is 5.92 Å². The van der Waals surface area contributed by atoms with Gasteiger partial charge in [-0.1, -0.05) is 0 Å². The Morgan fingerprint density at radius 2 is 2.56 bits per heavy atom. The number of nitrogens with zero attached hydrogens (tertiary/aromatic N) is 3. The number of aryl methyl sites for hydroxylation is 1. The summed E-state index contributed by atoms with van der Waals surface area (Å²) in [5, 5.41) is 6.84. The maximum Gasteiger partial charge on any atom is 0.221 e. The first-order chi connectivity index (χ1) is 7.84. The number of hydrogen-bond donors (Lipinski definition) is 1. The van der Waals surface area contributed by atoms with E-state index in [-0.39, 0.29) is 5.91 Å². The van der Waals surface area contributed by atoms with Crippen molar-refractivity contribution in [2.24, 2.45) is 5.92 Å². The Kier molecular flexibility index (Phi) is 3.87. The number of nitrogens with one attached hydrogen (secondary N) is 1. The van der Waals surface area contributed by atoms with Gasteiger partial charge >= 0.3 is 0 Å².